The van der Waals surface area contributed by atoms with Crippen LogP contribution in [0.4, 0.5) is 0 Å². The van der Waals surface area contributed by atoms with Crippen LogP contribution in [0.15, 0.2) is 53.0 Å². The maximum Gasteiger partial charge on any atom is 0.134 e. The minimum atomic E-state index is 0.347. The Bertz CT molecular complexity index is 647. The zero-order chi connectivity index (χ0) is 16.8. The highest BCUT2D eigenvalue weighted by Crippen LogP contribution is 2.27. The van der Waals surface area contributed by atoms with Crippen LogP contribution in [0.5, 0.6) is 5.75 Å². The second kappa shape index (κ2) is 8.65. The third-order valence-electron chi connectivity index (χ3n) is 4.28. The van der Waals surface area contributed by atoms with Crippen molar-refractivity contribution >= 4 is 15.9 Å². The number of hydrogen-bond acceptors (Lipinski definition) is 3. The van der Waals surface area contributed by atoms with E-state index in [0.29, 0.717) is 12.7 Å². The number of halogens is 1. The van der Waals surface area contributed by atoms with Gasteiger partial charge in [-0.05, 0) is 52.5 Å². The SMILES string of the molecule is C[C@@H]1CN(CCc2ccc(OCc3ccccc3)c(Br)c2)CCO1. The highest BCUT2D eigenvalue weighted by molar-refractivity contribution is 9.10. The lowest BCUT2D eigenvalue weighted by Gasteiger charge is -2.31. The molecule has 4 heteroatoms. The van der Waals surface area contributed by atoms with Gasteiger partial charge >= 0.3 is 0 Å². The Morgan fingerprint density at radius 3 is 2.75 bits per heavy atom. The molecule has 3 rings (SSSR count). The molecule has 2 aromatic carbocycles. The molecule has 0 aromatic heterocycles. The first-order valence-corrected chi connectivity index (χ1v) is 9.29. The minimum absolute atomic E-state index is 0.347. The van der Waals surface area contributed by atoms with Crippen LogP contribution in [-0.2, 0) is 17.8 Å². The number of hydrogen-bond donors (Lipinski definition) is 0. The molecule has 1 fully saturated rings. The molecule has 1 saturated heterocycles. The highest BCUT2D eigenvalue weighted by atomic mass is 79.9. The van der Waals surface area contributed by atoms with Crippen molar-refractivity contribution in [3.05, 3.63) is 64.1 Å². The molecule has 0 N–H and O–H groups in total. The molecule has 24 heavy (non-hydrogen) atoms. The van der Waals surface area contributed by atoms with E-state index >= 15 is 0 Å². The van der Waals surface area contributed by atoms with E-state index in [0.717, 1.165) is 42.9 Å². The fraction of sp³-hybridized carbons (Fsp3) is 0.400. The third-order valence-corrected chi connectivity index (χ3v) is 4.90. The van der Waals surface area contributed by atoms with Gasteiger partial charge in [0, 0.05) is 19.6 Å². The van der Waals surface area contributed by atoms with Gasteiger partial charge in [-0.1, -0.05) is 36.4 Å². The van der Waals surface area contributed by atoms with Gasteiger partial charge in [0.1, 0.15) is 12.4 Å². The molecule has 1 heterocycles. The zero-order valence-electron chi connectivity index (χ0n) is 14.1. The predicted molar refractivity (Wildman–Crippen MR) is 100 cm³/mol. The molecule has 1 atom stereocenters. The Morgan fingerprint density at radius 1 is 1.17 bits per heavy atom. The second-order valence-electron chi connectivity index (χ2n) is 6.27. The van der Waals surface area contributed by atoms with Gasteiger partial charge in [-0.3, -0.25) is 4.90 Å². The molecule has 0 saturated carbocycles. The van der Waals surface area contributed by atoms with Crippen LogP contribution >= 0.6 is 15.9 Å². The number of benzene rings is 2. The Morgan fingerprint density at radius 2 is 2.00 bits per heavy atom. The molecular weight excluding hydrogens is 366 g/mol. The fourth-order valence-electron chi connectivity index (χ4n) is 2.93. The van der Waals surface area contributed by atoms with Crippen LogP contribution in [0.3, 0.4) is 0 Å². The highest BCUT2D eigenvalue weighted by Gasteiger charge is 2.16. The average Bonchev–Trinajstić information content (AvgIpc) is 2.60. The van der Waals surface area contributed by atoms with E-state index in [1.165, 1.54) is 11.1 Å². The zero-order valence-corrected chi connectivity index (χ0v) is 15.7. The minimum Gasteiger partial charge on any atom is -0.488 e. The van der Waals surface area contributed by atoms with E-state index in [1.807, 2.05) is 18.2 Å². The predicted octanol–water partition coefficient (Wildman–Crippen LogP) is 4.29. The van der Waals surface area contributed by atoms with Crippen LogP contribution < -0.4 is 4.74 Å². The maximum atomic E-state index is 5.91. The molecule has 128 valence electrons. The largest absolute Gasteiger partial charge is 0.488 e. The van der Waals surface area contributed by atoms with Crippen molar-refractivity contribution in [1.29, 1.82) is 0 Å². The Balaban J connectivity index is 1.52. The normalized spacial score (nSPS) is 18.5. The number of morpholine rings is 1. The van der Waals surface area contributed by atoms with E-state index < -0.39 is 0 Å². The smallest absolute Gasteiger partial charge is 0.134 e. The molecule has 1 aliphatic rings. The number of nitrogens with zero attached hydrogens (tertiary/aromatic N) is 1. The summed E-state index contributed by atoms with van der Waals surface area (Å²) in [6, 6.07) is 16.6. The Hall–Kier alpha value is -1.36. The van der Waals surface area contributed by atoms with E-state index in [2.05, 4.69) is 58.1 Å². The van der Waals surface area contributed by atoms with Crippen LogP contribution in [0.1, 0.15) is 18.1 Å². The van der Waals surface area contributed by atoms with E-state index in [4.69, 9.17) is 9.47 Å². The summed E-state index contributed by atoms with van der Waals surface area (Å²) in [5, 5.41) is 0. The standard InChI is InChI=1S/C20H24BrNO2/c1-16-14-22(11-12-23-16)10-9-17-7-8-20(19(21)13-17)24-15-18-5-3-2-4-6-18/h2-8,13,16H,9-12,14-15H2,1H3/t16-/m1/s1. The van der Waals surface area contributed by atoms with Crippen molar-refractivity contribution in [3.8, 4) is 5.75 Å². The summed E-state index contributed by atoms with van der Waals surface area (Å²) in [5.41, 5.74) is 2.50. The topological polar surface area (TPSA) is 21.7 Å². The second-order valence-corrected chi connectivity index (χ2v) is 7.13. The molecule has 0 spiro atoms. The van der Waals surface area contributed by atoms with Gasteiger partial charge in [-0.25, -0.2) is 0 Å². The number of rotatable bonds is 6. The maximum absolute atomic E-state index is 5.91. The van der Waals surface area contributed by atoms with Gasteiger partial charge in [0.15, 0.2) is 0 Å². The quantitative estimate of drug-likeness (QED) is 0.735. The molecule has 0 unspecified atom stereocenters. The first-order chi connectivity index (χ1) is 11.7. The summed E-state index contributed by atoms with van der Waals surface area (Å²) < 4.78 is 12.5. The lowest BCUT2D eigenvalue weighted by atomic mass is 10.1. The monoisotopic (exact) mass is 389 g/mol. The molecule has 0 radical (unpaired) electrons. The van der Waals surface area contributed by atoms with Crippen LogP contribution in [0.25, 0.3) is 0 Å². The summed E-state index contributed by atoms with van der Waals surface area (Å²) in [6.07, 6.45) is 1.39. The van der Waals surface area contributed by atoms with Gasteiger partial charge < -0.3 is 9.47 Å². The van der Waals surface area contributed by atoms with Crippen LogP contribution in [0, 0.1) is 0 Å². The van der Waals surface area contributed by atoms with E-state index in [1.54, 1.807) is 0 Å². The first kappa shape index (κ1) is 17.5. The lowest BCUT2D eigenvalue weighted by Crippen LogP contribution is -2.41. The first-order valence-electron chi connectivity index (χ1n) is 8.50. The van der Waals surface area contributed by atoms with Crippen molar-refractivity contribution in [2.45, 2.75) is 26.1 Å². The lowest BCUT2D eigenvalue weighted by molar-refractivity contribution is -0.0177. The van der Waals surface area contributed by atoms with Crippen LogP contribution in [-0.4, -0.2) is 37.2 Å². The van der Waals surface area contributed by atoms with E-state index in [-0.39, 0.29) is 0 Å². The summed E-state index contributed by atoms with van der Waals surface area (Å²) in [6.45, 7) is 6.71. The summed E-state index contributed by atoms with van der Waals surface area (Å²) in [5.74, 6) is 0.891. The van der Waals surface area contributed by atoms with Crippen molar-refractivity contribution in [2.24, 2.45) is 0 Å². The number of ether oxygens (including phenoxy) is 2. The molecule has 0 aliphatic carbocycles. The summed E-state index contributed by atoms with van der Waals surface area (Å²) in [4.78, 5) is 2.47. The van der Waals surface area contributed by atoms with E-state index in [9.17, 15) is 0 Å². The third kappa shape index (κ3) is 5.07. The van der Waals surface area contributed by atoms with Crippen molar-refractivity contribution in [3.63, 3.8) is 0 Å². The Kier molecular flexibility index (Phi) is 6.30. The van der Waals surface area contributed by atoms with Gasteiger partial charge in [-0.15, -0.1) is 0 Å². The van der Waals surface area contributed by atoms with Crippen molar-refractivity contribution in [2.75, 3.05) is 26.2 Å². The summed E-state index contributed by atoms with van der Waals surface area (Å²) >= 11 is 3.64. The van der Waals surface area contributed by atoms with Gasteiger partial charge in [0.2, 0.25) is 0 Å². The Labute approximate surface area is 152 Å². The molecule has 2 aromatic rings. The molecule has 3 nitrogen and oxygen atoms in total. The molecule has 1 aliphatic heterocycles. The van der Waals surface area contributed by atoms with Gasteiger partial charge in [0.05, 0.1) is 17.2 Å². The molecular formula is C20H24BrNO2. The van der Waals surface area contributed by atoms with Crippen molar-refractivity contribution < 1.29 is 9.47 Å². The van der Waals surface area contributed by atoms with Crippen LogP contribution in [0.2, 0.25) is 0 Å². The van der Waals surface area contributed by atoms with Gasteiger partial charge in [-0.2, -0.15) is 0 Å². The van der Waals surface area contributed by atoms with Gasteiger partial charge in [0.25, 0.3) is 0 Å². The molecule has 0 bridgehead atoms. The average molecular weight is 390 g/mol. The fourth-order valence-corrected chi connectivity index (χ4v) is 3.47. The molecule has 0 amide bonds. The van der Waals surface area contributed by atoms with Crippen molar-refractivity contribution in [1.82, 2.24) is 4.90 Å². The summed E-state index contributed by atoms with van der Waals surface area (Å²) in [7, 11) is 0.